The van der Waals surface area contributed by atoms with E-state index in [1.807, 2.05) is 0 Å². The zero-order valence-electron chi connectivity index (χ0n) is 14.1. The zero-order valence-corrected chi connectivity index (χ0v) is 15.0. The van der Waals surface area contributed by atoms with E-state index in [2.05, 4.69) is 5.32 Å². The maximum Gasteiger partial charge on any atom is 0.237 e. The lowest BCUT2D eigenvalue weighted by atomic mass is 10.2. The quantitative estimate of drug-likeness (QED) is 0.795. The molecule has 7 heteroatoms. The van der Waals surface area contributed by atoms with Crippen molar-refractivity contribution in [1.29, 1.82) is 0 Å². The van der Waals surface area contributed by atoms with Crippen molar-refractivity contribution in [3.05, 3.63) is 53.6 Å². The maximum absolute atomic E-state index is 13.2. The SMILES string of the molecule is COc1ccc(OC)c(NC(=O)C(C)SCc2ccc(F)c(F)c2)c1. The van der Waals surface area contributed by atoms with E-state index in [9.17, 15) is 13.6 Å². The Morgan fingerprint density at radius 1 is 1.12 bits per heavy atom. The number of ether oxygens (including phenoxy) is 2. The second-order valence-corrected chi connectivity index (χ2v) is 6.59. The fourth-order valence-corrected chi connectivity index (χ4v) is 2.90. The number of rotatable bonds is 7. The molecule has 0 saturated heterocycles. The van der Waals surface area contributed by atoms with Gasteiger partial charge in [0.25, 0.3) is 0 Å². The summed E-state index contributed by atoms with van der Waals surface area (Å²) >= 11 is 1.32. The fourth-order valence-electron chi connectivity index (χ4n) is 2.07. The van der Waals surface area contributed by atoms with Gasteiger partial charge in [-0.2, -0.15) is 0 Å². The van der Waals surface area contributed by atoms with Gasteiger partial charge in [-0.15, -0.1) is 11.8 Å². The normalized spacial score (nSPS) is 11.7. The number of carbonyl (C=O) groups excluding carboxylic acids is 1. The average molecular weight is 367 g/mol. The van der Waals surface area contributed by atoms with E-state index < -0.39 is 16.9 Å². The second-order valence-electron chi connectivity index (χ2n) is 5.26. The first kappa shape index (κ1) is 19.1. The first-order valence-corrected chi connectivity index (χ1v) is 8.58. The average Bonchev–Trinajstić information content (AvgIpc) is 2.62. The van der Waals surface area contributed by atoms with Crippen molar-refractivity contribution in [2.45, 2.75) is 17.9 Å². The van der Waals surface area contributed by atoms with Crippen LogP contribution in [0.2, 0.25) is 0 Å². The zero-order chi connectivity index (χ0) is 18.4. The van der Waals surface area contributed by atoms with Crippen LogP contribution in [-0.2, 0) is 10.5 Å². The molecule has 25 heavy (non-hydrogen) atoms. The van der Waals surface area contributed by atoms with Crippen LogP contribution in [0.3, 0.4) is 0 Å². The molecular weight excluding hydrogens is 348 g/mol. The molecule has 1 amide bonds. The van der Waals surface area contributed by atoms with Crippen LogP contribution >= 0.6 is 11.8 Å². The largest absolute Gasteiger partial charge is 0.497 e. The van der Waals surface area contributed by atoms with Crippen LogP contribution in [0.15, 0.2) is 36.4 Å². The number of anilines is 1. The van der Waals surface area contributed by atoms with Crippen molar-refractivity contribution in [2.75, 3.05) is 19.5 Å². The number of benzene rings is 2. The molecule has 134 valence electrons. The third-order valence-electron chi connectivity index (χ3n) is 3.52. The number of nitrogens with one attached hydrogen (secondary N) is 1. The van der Waals surface area contributed by atoms with Crippen LogP contribution in [0.1, 0.15) is 12.5 Å². The number of halogens is 2. The molecule has 0 aliphatic heterocycles. The summed E-state index contributed by atoms with van der Waals surface area (Å²) < 4.78 is 36.5. The Kier molecular flexibility index (Phi) is 6.64. The van der Waals surface area contributed by atoms with E-state index in [1.165, 1.54) is 32.0 Å². The highest BCUT2D eigenvalue weighted by atomic mass is 32.2. The van der Waals surface area contributed by atoms with Gasteiger partial charge in [-0.05, 0) is 36.8 Å². The molecule has 1 atom stereocenters. The molecule has 0 radical (unpaired) electrons. The van der Waals surface area contributed by atoms with Crippen LogP contribution in [0.5, 0.6) is 11.5 Å². The number of amides is 1. The summed E-state index contributed by atoms with van der Waals surface area (Å²) in [6.45, 7) is 1.74. The van der Waals surface area contributed by atoms with Gasteiger partial charge in [-0.3, -0.25) is 4.79 Å². The van der Waals surface area contributed by atoms with Crippen molar-refractivity contribution < 1.29 is 23.0 Å². The van der Waals surface area contributed by atoms with Crippen molar-refractivity contribution in [3.63, 3.8) is 0 Å². The van der Waals surface area contributed by atoms with E-state index >= 15 is 0 Å². The Bertz CT molecular complexity index is 755. The minimum Gasteiger partial charge on any atom is -0.497 e. The van der Waals surface area contributed by atoms with Gasteiger partial charge >= 0.3 is 0 Å². The number of carbonyl (C=O) groups is 1. The van der Waals surface area contributed by atoms with Gasteiger partial charge in [-0.25, -0.2) is 8.78 Å². The molecule has 0 aromatic heterocycles. The molecule has 0 bridgehead atoms. The summed E-state index contributed by atoms with van der Waals surface area (Å²) in [4.78, 5) is 12.4. The lowest BCUT2D eigenvalue weighted by molar-refractivity contribution is -0.115. The third-order valence-corrected chi connectivity index (χ3v) is 4.73. The molecule has 0 aliphatic carbocycles. The van der Waals surface area contributed by atoms with Gasteiger partial charge < -0.3 is 14.8 Å². The Morgan fingerprint density at radius 2 is 1.88 bits per heavy atom. The van der Waals surface area contributed by atoms with Crippen molar-refractivity contribution in [2.24, 2.45) is 0 Å². The summed E-state index contributed by atoms with van der Waals surface area (Å²) in [5.41, 5.74) is 1.12. The minimum absolute atomic E-state index is 0.223. The van der Waals surface area contributed by atoms with Gasteiger partial charge in [-0.1, -0.05) is 6.07 Å². The van der Waals surface area contributed by atoms with Gasteiger partial charge in [0.1, 0.15) is 11.5 Å². The van der Waals surface area contributed by atoms with Gasteiger partial charge in [0.05, 0.1) is 25.2 Å². The van der Waals surface area contributed by atoms with Gasteiger partial charge in [0.2, 0.25) is 5.91 Å². The number of hydrogen-bond donors (Lipinski definition) is 1. The topological polar surface area (TPSA) is 47.6 Å². The van der Waals surface area contributed by atoms with Gasteiger partial charge in [0.15, 0.2) is 11.6 Å². The molecule has 1 N–H and O–H groups in total. The molecule has 0 spiro atoms. The molecule has 2 aromatic rings. The highest BCUT2D eigenvalue weighted by molar-refractivity contribution is 7.99. The third kappa shape index (κ3) is 5.09. The van der Waals surface area contributed by atoms with Crippen molar-refractivity contribution in [3.8, 4) is 11.5 Å². The summed E-state index contributed by atoms with van der Waals surface area (Å²) in [7, 11) is 3.05. The molecule has 0 heterocycles. The van der Waals surface area contributed by atoms with Crippen LogP contribution in [0.4, 0.5) is 14.5 Å². The van der Waals surface area contributed by atoms with E-state index in [0.717, 1.165) is 12.1 Å². The first-order valence-electron chi connectivity index (χ1n) is 7.53. The Hall–Kier alpha value is -2.28. The Labute approximate surface area is 149 Å². The summed E-state index contributed by atoms with van der Waals surface area (Å²) in [5, 5.41) is 2.39. The Balaban J connectivity index is 1.99. The molecule has 0 saturated carbocycles. The highest BCUT2D eigenvalue weighted by Gasteiger charge is 2.16. The van der Waals surface area contributed by atoms with Gasteiger partial charge in [0, 0.05) is 11.8 Å². The van der Waals surface area contributed by atoms with E-state index in [-0.39, 0.29) is 5.91 Å². The molecule has 4 nitrogen and oxygen atoms in total. The second kappa shape index (κ2) is 8.71. The monoisotopic (exact) mass is 367 g/mol. The predicted octanol–water partition coefficient (Wildman–Crippen LogP) is 4.24. The lowest BCUT2D eigenvalue weighted by Crippen LogP contribution is -2.23. The van der Waals surface area contributed by atoms with Crippen molar-refractivity contribution in [1.82, 2.24) is 0 Å². The van der Waals surface area contributed by atoms with Crippen LogP contribution in [0.25, 0.3) is 0 Å². The summed E-state index contributed by atoms with van der Waals surface area (Å²) in [5.74, 6) is -0.494. The molecule has 2 rings (SSSR count). The van der Waals surface area contributed by atoms with Crippen LogP contribution in [-0.4, -0.2) is 25.4 Å². The first-order chi connectivity index (χ1) is 11.9. The van der Waals surface area contributed by atoms with Crippen LogP contribution in [0, 0.1) is 11.6 Å². The standard InChI is InChI=1S/C18H19F2NO3S/c1-11(25-10-12-4-6-14(19)15(20)8-12)18(22)21-16-9-13(23-2)5-7-17(16)24-3/h4-9,11H,10H2,1-3H3,(H,21,22). The molecule has 0 fully saturated rings. The highest BCUT2D eigenvalue weighted by Crippen LogP contribution is 2.30. The molecular formula is C18H19F2NO3S. The molecule has 0 aliphatic rings. The van der Waals surface area contributed by atoms with E-state index in [4.69, 9.17) is 9.47 Å². The molecule has 1 unspecified atom stereocenters. The lowest BCUT2D eigenvalue weighted by Gasteiger charge is -2.15. The van der Waals surface area contributed by atoms with Crippen LogP contribution < -0.4 is 14.8 Å². The maximum atomic E-state index is 13.2. The predicted molar refractivity (Wildman–Crippen MR) is 95.3 cm³/mol. The van der Waals surface area contributed by atoms with E-state index in [0.29, 0.717) is 28.5 Å². The van der Waals surface area contributed by atoms with E-state index in [1.54, 1.807) is 25.1 Å². The number of thioether (sulfide) groups is 1. The molecule has 2 aromatic carbocycles. The fraction of sp³-hybridized carbons (Fsp3) is 0.278. The summed E-state index contributed by atoms with van der Waals surface area (Å²) in [6.07, 6.45) is 0. The summed E-state index contributed by atoms with van der Waals surface area (Å²) in [6, 6.07) is 8.82. The smallest absolute Gasteiger partial charge is 0.237 e. The minimum atomic E-state index is -0.892. The number of methoxy groups -OCH3 is 2. The Morgan fingerprint density at radius 3 is 2.52 bits per heavy atom. The number of hydrogen-bond acceptors (Lipinski definition) is 4. The van der Waals surface area contributed by atoms with Crippen molar-refractivity contribution >= 4 is 23.4 Å².